The monoisotopic (exact) mass is 337 g/mol. The molecule has 0 amide bonds. The summed E-state index contributed by atoms with van der Waals surface area (Å²) in [6.45, 7) is 4.51. The van der Waals surface area contributed by atoms with Crippen LogP contribution in [0.5, 0.6) is 5.75 Å². The van der Waals surface area contributed by atoms with Gasteiger partial charge in [-0.2, -0.15) is 0 Å². The van der Waals surface area contributed by atoms with Gasteiger partial charge in [-0.1, -0.05) is 29.8 Å². The number of benzene rings is 2. The lowest BCUT2D eigenvalue weighted by Gasteiger charge is -2.15. The second kappa shape index (κ2) is 6.27. The molecule has 4 heteroatoms. The molecule has 0 atom stereocenters. The van der Waals surface area contributed by atoms with E-state index in [-0.39, 0.29) is 5.82 Å². The topological polar surface area (TPSA) is 35.2 Å². The van der Waals surface area contributed by atoms with Crippen LogP contribution in [0.4, 0.5) is 10.1 Å². The highest BCUT2D eigenvalue weighted by molar-refractivity contribution is 9.10. The minimum Gasteiger partial charge on any atom is -0.489 e. The quantitative estimate of drug-likeness (QED) is 0.807. The number of ether oxygens (including phenoxy) is 1. The van der Waals surface area contributed by atoms with Crippen LogP contribution in [0.2, 0.25) is 0 Å². The molecule has 0 heterocycles. The zero-order valence-electron chi connectivity index (χ0n) is 11.5. The third-order valence-electron chi connectivity index (χ3n) is 2.97. The lowest BCUT2D eigenvalue weighted by Crippen LogP contribution is -2.01. The molecule has 2 rings (SSSR count). The van der Waals surface area contributed by atoms with Gasteiger partial charge in [0.25, 0.3) is 0 Å². The van der Waals surface area contributed by atoms with E-state index in [0.717, 1.165) is 21.3 Å². The Hall–Kier alpha value is -1.55. The maximum atomic E-state index is 13.3. The predicted octanol–water partition coefficient (Wildman–Crippen LogP) is 4.87. The summed E-state index contributed by atoms with van der Waals surface area (Å²) in [4.78, 5) is 0. The zero-order chi connectivity index (χ0) is 14.7. The third-order valence-corrected chi connectivity index (χ3v) is 3.46. The van der Waals surface area contributed by atoms with Crippen molar-refractivity contribution in [3.8, 4) is 5.75 Å². The summed E-state index contributed by atoms with van der Waals surface area (Å²) in [5.74, 6) is 0.814. The molecule has 0 unspecified atom stereocenters. The second-order valence-electron chi connectivity index (χ2n) is 5.02. The number of hydrogen-bond acceptors (Lipinski definition) is 2. The molecule has 0 fully saturated rings. The third kappa shape index (κ3) is 3.73. The van der Waals surface area contributed by atoms with E-state index in [0.29, 0.717) is 18.2 Å². The standard InChI is InChI=1S/C16H17BrFNO/c1-10(2)15-7-12(17)3-4-16(15)20-9-11-5-13(18)8-14(19)6-11/h3-8,10H,9,19H2,1-2H3. The molecule has 2 N–H and O–H groups in total. The van der Waals surface area contributed by atoms with E-state index in [1.807, 2.05) is 18.2 Å². The van der Waals surface area contributed by atoms with E-state index in [4.69, 9.17) is 10.5 Å². The van der Waals surface area contributed by atoms with Crippen LogP contribution in [0.15, 0.2) is 40.9 Å². The van der Waals surface area contributed by atoms with E-state index in [1.54, 1.807) is 6.07 Å². The highest BCUT2D eigenvalue weighted by Gasteiger charge is 2.09. The van der Waals surface area contributed by atoms with Crippen molar-refractivity contribution in [1.82, 2.24) is 0 Å². The van der Waals surface area contributed by atoms with E-state index in [2.05, 4.69) is 29.8 Å². The van der Waals surface area contributed by atoms with Gasteiger partial charge in [-0.05, 0) is 53.4 Å². The Balaban J connectivity index is 2.18. The van der Waals surface area contributed by atoms with Crippen molar-refractivity contribution in [2.75, 3.05) is 5.73 Å². The van der Waals surface area contributed by atoms with Crippen molar-refractivity contribution in [3.05, 3.63) is 57.8 Å². The summed E-state index contributed by atoms with van der Waals surface area (Å²) in [5, 5.41) is 0. The normalized spacial score (nSPS) is 10.8. The predicted molar refractivity (Wildman–Crippen MR) is 83.4 cm³/mol. The average Bonchev–Trinajstić information content (AvgIpc) is 2.36. The van der Waals surface area contributed by atoms with Gasteiger partial charge in [-0.3, -0.25) is 0 Å². The summed E-state index contributed by atoms with van der Waals surface area (Å²) < 4.78 is 20.1. The van der Waals surface area contributed by atoms with E-state index in [1.165, 1.54) is 12.1 Å². The molecule has 0 saturated carbocycles. The van der Waals surface area contributed by atoms with Gasteiger partial charge in [0.05, 0.1) is 0 Å². The summed E-state index contributed by atoms with van der Waals surface area (Å²) in [5.41, 5.74) is 7.87. The number of anilines is 1. The van der Waals surface area contributed by atoms with Crippen molar-refractivity contribution < 1.29 is 9.13 Å². The van der Waals surface area contributed by atoms with Crippen LogP contribution in [0, 0.1) is 5.82 Å². The highest BCUT2D eigenvalue weighted by Crippen LogP contribution is 2.30. The molecule has 20 heavy (non-hydrogen) atoms. The van der Waals surface area contributed by atoms with Crippen molar-refractivity contribution in [3.63, 3.8) is 0 Å². The Kier molecular flexibility index (Phi) is 4.65. The molecule has 0 aliphatic carbocycles. The SMILES string of the molecule is CC(C)c1cc(Br)ccc1OCc1cc(N)cc(F)c1. The van der Waals surface area contributed by atoms with Crippen LogP contribution in [-0.2, 0) is 6.61 Å². The van der Waals surface area contributed by atoms with Crippen LogP contribution in [0.25, 0.3) is 0 Å². The van der Waals surface area contributed by atoms with Gasteiger partial charge < -0.3 is 10.5 Å². The molecule has 0 aromatic heterocycles. The summed E-state index contributed by atoms with van der Waals surface area (Å²) in [7, 11) is 0. The Morgan fingerprint density at radius 3 is 2.60 bits per heavy atom. The zero-order valence-corrected chi connectivity index (χ0v) is 13.1. The lowest BCUT2D eigenvalue weighted by molar-refractivity contribution is 0.301. The molecular weight excluding hydrogens is 321 g/mol. The van der Waals surface area contributed by atoms with Crippen molar-refractivity contribution in [1.29, 1.82) is 0 Å². The summed E-state index contributed by atoms with van der Waals surface area (Å²) >= 11 is 3.46. The van der Waals surface area contributed by atoms with Gasteiger partial charge in [0.15, 0.2) is 0 Å². The molecule has 0 aliphatic heterocycles. The molecule has 0 radical (unpaired) electrons. The Labute approximate surface area is 126 Å². The van der Waals surface area contributed by atoms with Crippen LogP contribution < -0.4 is 10.5 Å². The molecule has 0 saturated heterocycles. The van der Waals surface area contributed by atoms with E-state index >= 15 is 0 Å². The van der Waals surface area contributed by atoms with Gasteiger partial charge >= 0.3 is 0 Å². The van der Waals surface area contributed by atoms with Gasteiger partial charge in [0.1, 0.15) is 18.2 Å². The molecular formula is C16H17BrFNO. The number of nitrogen functional groups attached to an aromatic ring is 1. The molecule has 2 nitrogen and oxygen atoms in total. The minimum atomic E-state index is -0.344. The highest BCUT2D eigenvalue weighted by atomic mass is 79.9. The minimum absolute atomic E-state index is 0.295. The molecule has 0 spiro atoms. The van der Waals surface area contributed by atoms with Gasteiger partial charge in [0, 0.05) is 10.2 Å². The first kappa shape index (κ1) is 14.9. The number of rotatable bonds is 4. The van der Waals surface area contributed by atoms with Crippen molar-refractivity contribution in [2.45, 2.75) is 26.4 Å². The van der Waals surface area contributed by atoms with Crippen molar-refractivity contribution in [2.24, 2.45) is 0 Å². The fourth-order valence-electron chi connectivity index (χ4n) is 2.02. The Morgan fingerprint density at radius 1 is 1.20 bits per heavy atom. The van der Waals surface area contributed by atoms with Crippen LogP contribution in [-0.4, -0.2) is 0 Å². The van der Waals surface area contributed by atoms with Crippen LogP contribution in [0.3, 0.4) is 0 Å². The van der Waals surface area contributed by atoms with E-state index < -0.39 is 0 Å². The lowest BCUT2D eigenvalue weighted by atomic mass is 10.0. The molecule has 0 bridgehead atoms. The maximum absolute atomic E-state index is 13.3. The Morgan fingerprint density at radius 2 is 1.95 bits per heavy atom. The first-order valence-corrected chi connectivity index (χ1v) is 7.22. The molecule has 2 aromatic carbocycles. The fourth-order valence-corrected chi connectivity index (χ4v) is 2.40. The first-order valence-electron chi connectivity index (χ1n) is 6.43. The van der Waals surface area contributed by atoms with E-state index in [9.17, 15) is 4.39 Å². The second-order valence-corrected chi connectivity index (χ2v) is 5.93. The van der Waals surface area contributed by atoms with Gasteiger partial charge in [0.2, 0.25) is 0 Å². The first-order chi connectivity index (χ1) is 9.45. The van der Waals surface area contributed by atoms with Crippen LogP contribution in [0.1, 0.15) is 30.9 Å². The maximum Gasteiger partial charge on any atom is 0.125 e. The van der Waals surface area contributed by atoms with Gasteiger partial charge in [-0.15, -0.1) is 0 Å². The fraction of sp³-hybridized carbons (Fsp3) is 0.250. The molecule has 2 aromatic rings. The number of nitrogens with two attached hydrogens (primary N) is 1. The van der Waals surface area contributed by atoms with Gasteiger partial charge in [-0.25, -0.2) is 4.39 Å². The molecule has 106 valence electrons. The van der Waals surface area contributed by atoms with Crippen molar-refractivity contribution >= 4 is 21.6 Å². The largest absolute Gasteiger partial charge is 0.489 e. The summed E-state index contributed by atoms with van der Waals surface area (Å²) in [6, 6.07) is 10.3. The molecule has 0 aliphatic rings. The number of halogens is 2. The van der Waals surface area contributed by atoms with Crippen LogP contribution >= 0.6 is 15.9 Å². The summed E-state index contributed by atoms with van der Waals surface area (Å²) in [6.07, 6.45) is 0. The Bertz CT molecular complexity index is 593. The average molecular weight is 338 g/mol. The number of hydrogen-bond donors (Lipinski definition) is 1. The smallest absolute Gasteiger partial charge is 0.125 e.